The summed E-state index contributed by atoms with van der Waals surface area (Å²) in [5.74, 6) is -1.12. The average molecular weight is 172 g/mol. The first-order chi connectivity index (χ1) is 5.63. The largest absolute Gasteiger partial charge is 0.480 e. The van der Waals surface area contributed by atoms with Crippen LogP contribution < -0.4 is 5.32 Å². The van der Waals surface area contributed by atoms with Gasteiger partial charge in [-0.15, -0.1) is 0 Å². The first-order valence-corrected chi connectivity index (χ1v) is 3.83. The zero-order valence-corrected chi connectivity index (χ0v) is 6.91. The summed E-state index contributed by atoms with van der Waals surface area (Å²) >= 11 is 0. The van der Waals surface area contributed by atoms with E-state index in [9.17, 15) is 9.59 Å². The Morgan fingerprint density at radius 2 is 2.25 bits per heavy atom. The number of amides is 1. The van der Waals surface area contributed by atoms with Gasteiger partial charge < -0.3 is 15.3 Å². The van der Waals surface area contributed by atoms with Crippen molar-refractivity contribution in [1.82, 2.24) is 10.2 Å². The van der Waals surface area contributed by atoms with Crippen LogP contribution in [0.1, 0.15) is 6.92 Å². The third-order valence-corrected chi connectivity index (χ3v) is 1.93. The number of aliphatic carboxylic acids is 1. The maximum absolute atomic E-state index is 10.9. The number of nitrogens with one attached hydrogen (secondary N) is 1. The molecule has 0 bridgehead atoms. The fourth-order valence-corrected chi connectivity index (χ4v) is 1.30. The van der Waals surface area contributed by atoms with Gasteiger partial charge in [-0.3, -0.25) is 4.79 Å². The molecule has 1 rings (SSSR count). The standard InChI is InChI=1S/C7H12N2O3/c1-5(10)9-3-2-8-4-6(9)7(11)12/h6,8H,2-4H2,1H3,(H,11,12)/t6-/m0/s1. The summed E-state index contributed by atoms with van der Waals surface area (Å²) in [5, 5.41) is 11.6. The van der Waals surface area contributed by atoms with E-state index >= 15 is 0 Å². The lowest BCUT2D eigenvalue weighted by atomic mass is 10.2. The van der Waals surface area contributed by atoms with Crippen LogP contribution >= 0.6 is 0 Å². The van der Waals surface area contributed by atoms with Crippen LogP contribution in [0.2, 0.25) is 0 Å². The number of nitrogens with zero attached hydrogens (tertiary/aromatic N) is 1. The van der Waals surface area contributed by atoms with E-state index in [2.05, 4.69) is 5.32 Å². The van der Waals surface area contributed by atoms with Gasteiger partial charge in [0.15, 0.2) is 0 Å². The van der Waals surface area contributed by atoms with Crippen molar-refractivity contribution in [2.24, 2.45) is 0 Å². The Bertz CT molecular complexity index is 183. The lowest BCUT2D eigenvalue weighted by Crippen LogP contribution is -2.56. The molecule has 1 amide bonds. The molecule has 1 atom stereocenters. The predicted octanol–water partition coefficient (Wildman–Crippen LogP) is -1.11. The monoisotopic (exact) mass is 172 g/mol. The Kier molecular flexibility index (Phi) is 2.65. The highest BCUT2D eigenvalue weighted by atomic mass is 16.4. The van der Waals surface area contributed by atoms with Gasteiger partial charge in [0.25, 0.3) is 0 Å². The Hall–Kier alpha value is -1.10. The molecule has 1 heterocycles. The summed E-state index contributed by atoms with van der Waals surface area (Å²) in [6, 6.07) is -0.698. The van der Waals surface area contributed by atoms with Gasteiger partial charge in [0, 0.05) is 26.6 Å². The molecule has 0 aliphatic carbocycles. The fourth-order valence-electron chi connectivity index (χ4n) is 1.30. The van der Waals surface area contributed by atoms with Crippen molar-refractivity contribution in [3.63, 3.8) is 0 Å². The lowest BCUT2D eigenvalue weighted by Gasteiger charge is -2.32. The first kappa shape index (κ1) is 8.99. The number of carbonyl (C=O) groups excluding carboxylic acids is 1. The molecule has 1 aliphatic heterocycles. The molecule has 1 saturated heterocycles. The summed E-state index contributed by atoms with van der Waals surface area (Å²) in [6.07, 6.45) is 0. The van der Waals surface area contributed by atoms with Crippen molar-refractivity contribution in [2.45, 2.75) is 13.0 Å². The molecule has 0 aromatic carbocycles. The molecule has 12 heavy (non-hydrogen) atoms. The van der Waals surface area contributed by atoms with Crippen LogP contribution in [0.3, 0.4) is 0 Å². The Labute approximate surface area is 70.4 Å². The Balaban J connectivity index is 2.67. The van der Waals surface area contributed by atoms with Crippen LogP contribution in [0.4, 0.5) is 0 Å². The maximum Gasteiger partial charge on any atom is 0.327 e. The van der Waals surface area contributed by atoms with Crippen LogP contribution in [0.5, 0.6) is 0 Å². The molecule has 0 spiro atoms. The van der Waals surface area contributed by atoms with Gasteiger partial charge >= 0.3 is 5.97 Å². The zero-order chi connectivity index (χ0) is 9.14. The number of carboxylic acids is 1. The van der Waals surface area contributed by atoms with Gasteiger partial charge in [0.05, 0.1) is 0 Å². The van der Waals surface area contributed by atoms with Crippen LogP contribution in [-0.4, -0.2) is 47.6 Å². The smallest absolute Gasteiger partial charge is 0.327 e. The van der Waals surface area contributed by atoms with Gasteiger partial charge in [-0.05, 0) is 0 Å². The topological polar surface area (TPSA) is 69.6 Å². The molecule has 5 nitrogen and oxygen atoms in total. The van der Waals surface area contributed by atoms with Crippen LogP contribution in [0.25, 0.3) is 0 Å². The number of rotatable bonds is 1. The molecule has 0 radical (unpaired) electrons. The third-order valence-electron chi connectivity index (χ3n) is 1.93. The number of piperazine rings is 1. The second kappa shape index (κ2) is 3.53. The van der Waals surface area contributed by atoms with Crippen molar-refractivity contribution in [2.75, 3.05) is 19.6 Å². The summed E-state index contributed by atoms with van der Waals surface area (Å²) < 4.78 is 0. The van der Waals surface area contributed by atoms with Crippen LogP contribution in [0, 0.1) is 0 Å². The van der Waals surface area contributed by atoms with Crippen LogP contribution in [-0.2, 0) is 9.59 Å². The minimum absolute atomic E-state index is 0.177. The predicted molar refractivity (Wildman–Crippen MR) is 41.7 cm³/mol. The molecule has 1 fully saturated rings. The van der Waals surface area contributed by atoms with E-state index in [-0.39, 0.29) is 5.91 Å². The highest BCUT2D eigenvalue weighted by molar-refractivity contribution is 5.82. The molecular weight excluding hydrogens is 160 g/mol. The highest BCUT2D eigenvalue weighted by Gasteiger charge is 2.29. The molecule has 0 aromatic heterocycles. The van der Waals surface area contributed by atoms with E-state index in [1.54, 1.807) is 0 Å². The lowest BCUT2D eigenvalue weighted by molar-refractivity contribution is -0.150. The fraction of sp³-hybridized carbons (Fsp3) is 0.714. The van der Waals surface area contributed by atoms with E-state index in [0.717, 1.165) is 0 Å². The van der Waals surface area contributed by atoms with Crippen molar-refractivity contribution in [3.05, 3.63) is 0 Å². The number of carbonyl (C=O) groups is 2. The summed E-state index contributed by atoms with van der Waals surface area (Å²) in [4.78, 5) is 23.0. The second-order valence-electron chi connectivity index (χ2n) is 2.77. The van der Waals surface area contributed by atoms with Crippen molar-refractivity contribution < 1.29 is 14.7 Å². The summed E-state index contributed by atoms with van der Waals surface area (Å²) in [5.41, 5.74) is 0. The first-order valence-electron chi connectivity index (χ1n) is 3.83. The minimum atomic E-state index is -0.947. The SMILES string of the molecule is CC(=O)N1CCNC[C@H]1C(=O)O. The van der Waals surface area contributed by atoms with Gasteiger partial charge in [0.2, 0.25) is 5.91 Å². The van der Waals surface area contributed by atoms with Gasteiger partial charge in [-0.2, -0.15) is 0 Å². The molecule has 0 aromatic rings. The van der Waals surface area contributed by atoms with Crippen molar-refractivity contribution in [1.29, 1.82) is 0 Å². The molecule has 1 aliphatic rings. The molecular formula is C7H12N2O3. The second-order valence-corrected chi connectivity index (χ2v) is 2.77. The number of hydrogen-bond donors (Lipinski definition) is 2. The molecule has 2 N–H and O–H groups in total. The van der Waals surface area contributed by atoms with E-state index < -0.39 is 12.0 Å². The van der Waals surface area contributed by atoms with Gasteiger partial charge in [-0.1, -0.05) is 0 Å². The van der Waals surface area contributed by atoms with E-state index in [1.807, 2.05) is 0 Å². The molecule has 0 unspecified atom stereocenters. The summed E-state index contributed by atoms with van der Waals surface area (Å²) in [7, 11) is 0. The zero-order valence-electron chi connectivity index (χ0n) is 6.91. The summed E-state index contributed by atoms with van der Waals surface area (Å²) in [6.45, 7) is 2.88. The van der Waals surface area contributed by atoms with Crippen molar-refractivity contribution in [3.8, 4) is 0 Å². The van der Waals surface area contributed by atoms with E-state index in [1.165, 1.54) is 11.8 Å². The Morgan fingerprint density at radius 3 is 2.67 bits per heavy atom. The molecule has 0 saturated carbocycles. The number of carboxylic acid groups (broad SMARTS) is 1. The van der Waals surface area contributed by atoms with E-state index in [4.69, 9.17) is 5.11 Å². The van der Waals surface area contributed by atoms with Crippen LogP contribution in [0.15, 0.2) is 0 Å². The maximum atomic E-state index is 10.9. The normalized spacial score (nSPS) is 23.8. The Morgan fingerprint density at radius 1 is 1.58 bits per heavy atom. The molecule has 68 valence electrons. The molecule has 5 heteroatoms. The minimum Gasteiger partial charge on any atom is -0.480 e. The highest BCUT2D eigenvalue weighted by Crippen LogP contribution is 2.03. The third kappa shape index (κ3) is 1.73. The average Bonchev–Trinajstić information content (AvgIpc) is 2.04. The quantitative estimate of drug-likeness (QED) is 0.526. The van der Waals surface area contributed by atoms with E-state index in [0.29, 0.717) is 19.6 Å². The van der Waals surface area contributed by atoms with Crippen molar-refractivity contribution >= 4 is 11.9 Å². The van der Waals surface area contributed by atoms with Gasteiger partial charge in [-0.25, -0.2) is 4.79 Å². The number of hydrogen-bond acceptors (Lipinski definition) is 3. The van der Waals surface area contributed by atoms with Gasteiger partial charge in [0.1, 0.15) is 6.04 Å².